The maximum Gasteiger partial charge on any atom is 0.174 e. The van der Waals surface area contributed by atoms with E-state index in [4.69, 9.17) is 26.1 Å². The summed E-state index contributed by atoms with van der Waals surface area (Å²) < 4.78 is 31.7. The van der Waals surface area contributed by atoms with E-state index in [1.807, 2.05) is 53.4 Å². The highest BCUT2D eigenvalue weighted by Gasteiger charge is 2.43. The van der Waals surface area contributed by atoms with Gasteiger partial charge in [0.1, 0.15) is 34.9 Å². The predicted octanol–water partition coefficient (Wildman–Crippen LogP) is 6.44. The van der Waals surface area contributed by atoms with E-state index >= 15 is 0 Å². The fraction of sp³-hybridized carbons (Fsp3) is 0.154. The molecule has 1 aliphatic rings. The number of nitrogens with one attached hydrogen (secondary N) is 1. The lowest BCUT2D eigenvalue weighted by Crippen LogP contribution is -2.29. The van der Waals surface area contributed by atoms with Crippen LogP contribution in [0.25, 0.3) is 11.3 Å². The van der Waals surface area contributed by atoms with Crippen molar-refractivity contribution >= 4 is 38.9 Å². The van der Waals surface area contributed by atoms with Gasteiger partial charge in [-0.2, -0.15) is 0 Å². The van der Waals surface area contributed by atoms with Crippen LogP contribution in [0.3, 0.4) is 0 Å². The third-order valence-corrected chi connectivity index (χ3v) is 6.83. The molecule has 6 nitrogen and oxygen atoms in total. The average molecular weight is 554 g/mol. The van der Waals surface area contributed by atoms with Crippen molar-refractivity contribution in [1.82, 2.24) is 10.3 Å². The maximum absolute atomic E-state index is 13.6. The van der Waals surface area contributed by atoms with Crippen molar-refractivity contribution < 1.29 is 18.3 Å². The molecule has 3 heterocycles. The summed E-state index contributed by atoms with van der Waals surface area (Å²) in [5.74, 6) is 2.21. The van der Waals surface area contributed by atoms with Crippen molar-refractivity contribution in [3.8, 4) is 22.8 Å². The molecule has 0 spiro atoms. The summed E-state index contributed by atoms with van der Waals surface area (Å²) >= 11 is 9.22. The van der Waals surface area contributed by atoms with Crippen LogP contribution in [0.2, 0.25) is 0 Å². The van der Waals surface area contributed by atoms with Gasteiger partial charge in [0.25, 0.3) is 0 Å². The molecule has 2 aromatic heterocycles. The molecule has 0 radical (unpaired) electrons. The van der Waals surface area contributed by atoms with Gasteiger partial charge in [0.05, 0.1) is 31.6 Å². The highest BCUT2D eigenvalue weighted by atomic mass is 79.9. The number of benzene rings is 2. The molecule has 1 saturated heterocycles. The highest BCUT2D eigenvalue weighted by Crippen LogP contribution is 2.46. The summed E-state index contributed by atoms with van der Waals surface area (Å²) in [4.78, 5) is 6.53. The third-order valence-electron chi connectivity index (χ3n) is 5.86. The number of anilines is 1. The molecular weight excluding hydrogens is 533 g/mol. The summed E-state index contributed by atoms with van der Waals surface area (Å²) in [5.41, 5.74) is 2.32. The van der Waals surface area contributed by atoms with Crippen LogP contribution in [-0.2, 0) is 0 Å². The Bertz CT molecular complexity index is 1380. The second kappa shape index (κ2) is 9.67. The number of ether oxygens (including phenoxy) is 2. The second-order valence-electron chi connectivity index (χ2n) is 7.86. The Hall–Kier alpha value is -3.43. The normalized spacial score (nSPS) is 17.4. The Morgan fingerprint density at radius 1 is 1.06 bits per heavy atom. The van der Waals surface area contributed by atoms with E-state index in [2.05, 4.69) is 26.2 Å². The van der Waals surface area contributed by atoms with Gasteiger partial charge in [0, 0.05) is 22.3 Å². The molecule has 9 heteroatoms. The fourth-order valence-corrected chi connectivity index (χ4v) is 5.12. The van der Waals surface area contributed by atoms with Crippen molar-refractivity contribution in [1.29, 1.82) is 0 Å². The molecule has 4 aromatic rings. The first-order chi connectivity index (χ1) is 17.0. The van der Waals surface area contributed by atoms with E-state index < -0.39 is 0 Å². The van der Waals surface area contributed by atoms with Crippen LogP contribution in [0, 0.1) is 5.82 Å². The summed E-state index contributed by atoms with van der Waals surface area (Å²) in [6.07, 6.45) is 1.75. The predicted molar refractivity (Wildman–Crippen MR) is 139 cm³/mol. The zero-order valence-electron chi connectivity index (χ0n) is 18.9. The minimum absolute atomic E-state index is 0.286. The molecule has 178 valence electrons. The second-order valence-corrected chi connectivity index (χ2v) is 9.10. The molecule has 35 heavy (non-hydrogen) atoms. The van der Waals surface area contributed by atoms with Gasteiger partial charge in [0.2, 0.25) is 0 Å². The SMILES string of the molecule is COc1ccc(N2C(=S)N[C@@H](c3ccccn3)[C@H]2c2ccc(-c3ccc(F)cc3Br)o2)c(OC)c1. The van der Waals surface area contributed by atoms with E-state index in [0.717, 1.165) is 16.9 Å². The molecule has 0 saturated carbocycles. The van der Waals surface area contributed by atoms with Crippen LogP contribution in [0.15, 0.2) is 81.8 Å². The van der Waals surface area contributed by atoms with Gasteiger partial charge in [-0.3, -0.25) is 4.98 Å². The highest BCUT2D eigenvalue weighted by molar-refractivity contribution is 9.10. The summed E-state index contributed by atoms with van der Waals surface area (Å²) in [6.45, 7) is 0. The smallest absolute Gasteiger partial charge is 0.174 e. The number of pyridine rings is 1. The van der Waals surface area contributed by atoms with E-state index in [9.17, 15) is 4.39 Å². The first kappa shape index (κ1) is 23.3. The van der Waals surface area contributed by atoms with Gasteiger partial charge in [0.15, 0.2) is 5.11 Å². The number of furan rings is 1. The van der Waals surface area contributed by atoms with Crippen LogP contribution >= 0.6 is 28.1 Å². The van der Waals surface area contributed by atoms with Crippen LogP contribution in [0.1, 0.15) is 23.5 Å². The van der Waals surface area contributed by atoms with Crippen molar-refractivity contribution in [2.24, 2.45) is 0 Å². The van der Waals surface area contributed by atoms with Crippen LogP contribution in [-0.4, -0.2) is 24.3 Å². The van der Waals surface area contributed by atoms with Crippen LogP contribution in [0.5, 0.6) is 11.5 Å². The minimum Gasteiger partial charge on any atom is -0.497 e. The summed E-state index contributed by atoms with van der Waals surface area (Å²) in [7, 11) is 3.21. The Morgan fingerprint density at radius 3 is 2.63 bits per heavy atom. The lowest BCUT2D eigenvalue weighted by Gasteiger charge is -2.27. The summed E-state index contributed by atoms with van der Waals surface area (Å²) in [6, 6.07) is 18.9. The summed E-state index contributed by atoms with van der Waals surface area (Å²) in [5, 5.41) is 3.91. The number of methoxy groups -OCH3 is 2. The monoisotopic (exact) mass is 553 g/mol. The lowest BCUT2D eigenvalue weighted by molar-refractivity contribution is 0.392. The van der Waals surface area contributed by atoms with Gasteiger partial charge in [-0.25, -0.2) is 4.39 Å². The van der Waals surface area contributed by atoms with Gasteiger partial charge in [-0.05, 0) is 82.7 Å². The molecule has 0 amide bonds. The average Bonchev–Trinajstić information content (AvgIpc) is 3.48. The number of thiocarbonyl (C=S) groups is 1. The molecule has 0 bridgehead atoms. The topological polar surface area (TPSA) is 59.8 Å². The van der Waals surface area contributed by atoms with Crippen LogP contribution in [0.4, 0.5) is 10.1 Å². The van der Waals surface area contributed by atoms with Crippen molar-refractivity contribution in [2.45, 2.75) is 12.1 Å². The standard InChI is InChI=1S/C26H21BrFN3O3S/c1-32-16-7-9-20(23(14-16)33-2)31-25(24(30-26(31)35)19-5-3-4-12-29-19)22-11-10-21(34-22)17-8-6-15(28)13-18(17)27/h3-14,24-25H,1-2H3,(H,30,35)/t24-,25+/m0/s1. The van der Waals surface area contributed by atoms with Crippen molar-refractivity contribution in [3.05, 3.63) is 94.7 Å². The Labute approximate surface area is 215 Å². The first-order valence-electron chi connectivity index (χ1n) is 10.8. The van der Waals surface area contributed by atoms with Crippen molar-refractivity contribution in [2.75, 3.05) is 19.1 Å². The zero-order chi connectivity index (χ0) is 24.5. The lowest BCUT2D eigenvalue weighted by atomic mass is 10.0. The molecule has 0 aliphatic carbocycles. The van der Waals surface area contributed by atoms with Crippen LogP contribution < -0.4 is 19.7 Å². The number of hydrogen-bond donors (Lipinski definition) is 1. The van der Waals surface area contributed by atoms with Gasteiger partial charge >= 0.3 is 0 Å². The molecule has 0 unspecified atom stereocenters. The van der Waals surface area contributed by atoms with Crippen molar-refractivity contribution in [3.63, 3.8) is 0 Å². The van der Waals surface area contributed by atoms with E-state index in [1.54, 1.807) is 26.5 Å². The molecular formula is C26H21BrFN3O3S. The zero-order valence-corrected chi connectivity index (χ0v) is 21.3. The van der Waals surface area contributed by atoms with E-state index in [1.165, 1.54) is 12.1 Å². The molecule has 1 aliphatic heterocycles. The number of hydrogen-bond acceptors (Lipinski definition) is 5. The maximum atomic E-state index is 13.6. The van der Waals surface area contributed by atoms with Gasteiger partial charge in [-0.1, -0.05) is 6.07 Å². The Balaban J connectivity index is 1.63. The number of halogens is 2. The molecule has 2 atom stereocenters. The Kier molecular flexibility index (Phi) is 6.44. The number of nitrogens with zero attached hydrogens (tertiary/aromatic N) is 2. The third kappa shape index (κ3) is 4.37. The van der Waals surface area contributed by atoms with E-state index in [-0.39, 0.29) is 17.9 Å². The Morgan fingerprint density at radius 2 is 1.91 bits per heavy atom. The quantitative estimate of drug-likeness (QED) is 0.276. The fourth-order valence-electron chi connectivity index (χ4n) is 4.23. The molecule has 1 fully saturated rings. The number of aromatic nitrogens is 1. The van der Waals surface area contributed by atoms with E-state index in [0.29, 0.717) is 32.6 Å². The molecule has 2 aromatic carbocycles. The molecule has 1 N–H and O–H groups in total. The van der Waals surface area contributed by atoms with Gasteiger partial charge < -0.3 is 24.1 Å². The van der Waals surface area contributed by atoms with Gasteiger partial charge in [-0.15, -0.1) is 0 Å². The number of rotatable bonds is 6. The largest absolute Gasteiger partial charge is 0.497 e. The minimum atomic E-state index is -0.368. The molecule has 5 rings (SSSR count). The first-order valence-corrected chi connectivity index (χ1v) is 12.0.